The van der Waals surface area contributed by atoms with Crippen molar-refractivity contribution < 1.29 is 19.4 Å². The van der Waals surface area contributed by atoms with E-state index in [2.05, 4.69) is 11.0 Å². The second kappa shape index (κ2) is 7.79. The normalized spacial score (nSPS) is 22.0. The van der Waals surface area contributed by atoms with Crippen molar-refractivity contribution in [2.24, 2.45) is 5.41 Å². The summed E-state index contributed by atoms with van der Waals surface area (Å²) in [7, 11) is 3.32. The molecule has 1 aromatic rings. The van der Waals surface area contributed by atoms with Crippen molar-refractivity contribution in [2.75, 3.05) is 27.3 Å². The van der Waals surface area contributed by atoms with E-state index < -0.39 is 11.4 Å². The van der Waals surface area contributed by atoms with Gasteiger partial charge in [0, 0.05) is 25.8 Å². The third-order valence-corrected chi connectivity index (χ3v) is 4.84. The van der Waals surface area contributed by atoms with E-state index >= 15 is 0 Å². The Balaban J connectivity index is 2.12. The van der Waals surface area contributed by atoms with Gasteiger partial charge in [-0.1, -0.05) is 13.0 Å². The van der Waals surface area contributed by atoms with E-state index in [-0.39, 0.29) is 0 Å². The summed E-state index contributed by atoms with van der Waals surface area (Å²) >= 11 is 0. The standard InChI is InChI=1S/C18H27NO4/c1-4-18(17(20)21)8-5-9-19(13-18)11-14-6-7-16(23-3)15(10-14)12-22-2/h6-7,10H,4-5,8-9,11-13H2,1-3H3,(H,20,21)/t18-/m1/s1. The summed E-state index contributed by atoms with van der Waals surface area (Å²) in [6.07, 6.45) is 2.38. The number of rotatable bonds is 7. The van der Waals surface area contributed by atoms with E-state index in [9.17, 15) is 9.90 Å². The van der Waals surface area contributed by atoms with Crippen LogP contribution in [-0.2, 0) is 22.7 Å². The first-order valence-corrected chi connectivity index (χ1v) is 8.15. The molecule has 1 fully saturated rings. The van der Waals surface area contributed by atoms with Crippen LogP contribution in [0.25, 0.3) is 0 Å². The van der Waals surface area contributed by atoms with Crippen LogP contribution in [0.15, 0.2) is 18.2 Å². The molecule has 5 heteroatoms. The SMILES string of the molecule is CC[C@@]1(C(=O)O)CCCN(Cc2ccc(OC)c(COC)c2)C1. The molecule has 23 heavy (non-hydrogen) atoms. The molecule has 0 spiro atoms. The van der Waals surface area contributed by atoms with Gasteiger partial charge in [-0.15, -0.1) is 0 Å². The molecular weight excluding hydrogens is 294 g/mol. The molecule has 128 valence electrons. The number of hydrogen-bond donors (Lipinski definition) is 1. The molecule has 0 bridgehead atoms. The van der Waals surface area contributed by atoms with Crippen molar-refractivity contribution in [2.45, 2.75) is 39.3 Å². The Morgan fingerprint density at radius 1 is 1.39 bits per heavy atom. The second-order valence-corrected chi connectivity index (χ2v) is 6.33. The first-order chi connectivity index (χ1) is 11.0. The Labute approximate surface area is 138 Å². The summed E-state index contributed by atoms with van der Waals surface area (Å²) in [5, 5.41) is 9.60. The molecule has 0 unspecified atom stereocenters. The van der Waals surface area contributed by atoms with Crippen LogP contribution in [0.4, 0.5) is 0 Å². The zero-order valence-electron chi connectivity index (χ0n) is 14.3. The Hall–Kier alpha value is -1.59. The fourth-order valence-electron chi connectivity index (χ4n) is 3.43. The van der Waals surface area contributed by atoms with Crippen LogP contribution in [0.2, 0.25) is 0 Å². The van der Waals surface area contributed by atoms with E-state index in [1.165, 1.54) is 0 Å². The summed E-state index contributed by atoms with van der Waals surface area (Å²) in [5.41, 5.74) is 1.58. The summed E-state index contributed by atoms with van der Waals surface area (Å²) in [5.74, 6) is 0.155. The number of ether oxygens (including phenoxy) is 2. The molecule has 1 aromatic carbocycles. The van der Waals surface area contributed by atoms with Gasteiger partial charge in [0.25, 0.3) is 0 Å². The summed E-state index contributed by atoms with van der Waals surface area (Å²) in [6, 6.07) is 6.09. The van der Waals surface area contributed by atoms with Gasteiger partial charge in [0.15, 0.2) is 0 Å². The topological polar surface area (TPSA) is 59.0 Å². The number of nitrogens with zero attached hydrogens (tertiary/aromatic N) is 1. The molecule has 0 amide bonds. The molecular formula is C18H27NO4. The van der Waals surface area contributed by atoms with Gasteiger partial charge < -0.3 is 14.6 Å². The van der Waals surface area contributed by atoms with Crippen molar-refractivity contribution in [3.05, 3.63) is 29.3 Å². The smallest absolute Gasteiger partial charge is 0.310 e. The van der Waals surface area contributed by atoms with Crippen LogP contribution in [0, 0.1) is 5.41 Å². The number of carboxylic acid groups (broad SMARTS) is 1. The van der Waals surface area contributed by atoms with Gasteiger partial charge in [-0.3, -0.25) is 9.69 Å². The molecule has 5 nitrogen and oxygen atoms in total. The predicted octanol–water partition coefficient (Wildman–Crippen LogP) is 2.92. The predicted molar refractivity (Wildman–Crippen MR) is 88.6 cm³/mol. The third-order valence-electron chi connectivity index (χ3n) is 4.84. The summed E-state index contributed by atoms with van der Waals surface area (Å²) in [6.45, 7) is 4.80. The third kappa shape index (κ3) is 4.03. The maximum absolute atomic E-state index is 11.7. The molecule has 2 rings (SSSR count). The minimum atomic E-state index is -0.667. The maximum atomic E-state index is 11.7. The highest BCUT2D eigenvalue weighted by molar-refractivity contribution is 5.75. The molecule has 0 aromatic heterocycles. The van der Waals surface area contributed by atoms with Crippen LogP contribution in [0.3, 0.4) is 0 Å². The molecule has 1 atom stereocenters. The van der Waals surface area contributed by atoms with E-state index in [4.69, 9.17) is 9.47 Å². The fourth-order valence-corrected chi connectivity index (χ4v) is 3.43. The summed E-state index contributed by atoms with van der Waals surface area (Å²) < 4.78 is 10.6. The van der Waals surface area contributed by atoms with Gasteiger partial charge in [0.05, 0.1) is 19.1 Å². The zero-order valence-corrected chi connectivity index (χ0v) is 14.3. The fraction of sp³-hybridized carbons (Fsp3) is 0.611. The average molecular weight is 321 g/mol. The lowest BCUT2D eigenvalue weighted by Crippen LogP contribution is -2.47. The van der Waals surface area contributed by atoms with Crippen LogP contribution in [0.1, 0.15) is 37.3 Å². The van der Waals surface area contributed by atoms with Crippen molar-refractivity contribution >= 4 is 5.97 Å². The lowest BCUT2D eigenvalue weighted by atomic mass is 9.77. The number of benzene rings is 1. The molecule has 1 aliphatic rings. The van der Waals surface area contributed by atoms with Crippen LogP contribution in [0.5, 0.6) is 5.75 Å². The molecule has 0 radical (unpaired) electrons. The molecule has 1 aliphatic heterocycles. The maximum Gasteiger partial charge on any atom is 0.310 e. The van der Waals surface area contributed by atoms with Gasteiger partial charge in [0.2, 0.25) is 0 Å². The van der Waals surface area contributed by atoms with Gasteiger partial charge in [0.1, 0.15) is 5.75 Å². The van der Waals surface area contributed by atoms with Crippen molar-refractivity contribution in [3.8, 4) is 5.75 Å². The minimum Gasteiger partial charge on any atom is -0.496 e. The molecule has 0 saturated carbocycles. The highest BCUT2D eigenvalue weighted by atomic mass is 16.5. The van der Waals surface area contributed by atoms with E-state index in [0.717, 1.165) is 42.8 Å². The van der Waals surface area contributed by atoms with Crippen LogP contribution >= 0.6 is 0 Å². The van der Waals surface area contributed by atoms with E-state index in [1.807, 2.05) is 19.1 Å². The highest BCUT2D eigenvalue weighted by Gasteiger charge is 2.40. The van der Waals surface area contributed by atoms with Crippen LogP contribution in [-0.4, -0.2) is 43.3 Å². The Kier molecular flexibility index (Phi) is 6.02. The summed E-state index contributed by atoms with van der Waals surface area (Å²) in [4.78, 5) is 13.9. The number of likely N-dealkylation sites (tertiary alicyclic amines) is 1. The second-order valence-electron chi connectivity index (χ2n) is 6.33. The number of carbonyl (C=O) groups is 1. The molecule has 0 aliphatic carbocycles. The van der Waals surface area contributed by atoms with Crippen molar-refractivity contribution in [1.82, 2.24) is 4.90 Å². The monoisotopic (exact) mass is 321 g/mol. The van der Waals surface area contributed by atoms with E-state index in [0.29, 0.717) is 19.6 Å². The molecule has 1 N–H and O–H groups in total. The van der Waals surface area contributed by atoms with Gasteiger partial charge in [-0.2, -0.15) is 0 Å². The lowest BCUT2D eigenvalue weighted by Gasteiger charge is -2.39. The number of carboxylic acids is 1. The van der Waals surface area contributed by atoms with Crippen LogP contribution < -0.4 is 4.74 Å². The Morgan fingerprint density at radius 2 is 2.17 bits per heavy atom. The van der Waals surface area contributed by atoms with Gasteiger partial charge in [-0.25, -0.2) is 0 Å². The number of aliphatic carboxylic acids is 1. The average Bonchev–Trinajstić information content (AvgIpc) is 2.55. The largest absolute Gasteiger partial charge is 0.496 e. The Morgan fingerprint density at radius 3 is 2.78 bits per heavy atom. The first kappa shape index (κ1) is 17.8. The Bertz CT molecular complexity index is 546. The lowest BCUT2D eigenvalue weighted by molar-refractivity contribution is -0.153. The quantitative estimate of drug-likeness (QED) is 0.837. The number of piperidine rings is 1. The van der Waals surface area contributed by atoms with Gasteiger partial charge in [-0.05, 0) is 43.5 Å². The number of hydrogen-bond acceptors (Lipinski definition) is 4. The van der Waals surface area contributed by atoms with E-state index in [1.54, 1.807) is 14.2 Å². The molecule has 1 saturated heterocycles. The van der Waals surface area contributed by atoms with Crippen molar-refractivity contribution in [3.63, 3.8) is 0 Å². The minimum absolute atomic E-state index is 0.505. The highest BCUT2D eigenvalue weighted by Crippen LogP contribution is 2.34. The molecule has 1 heterocycles. The van der Waals surface area contributed by atoms with Gasteiger partial charge >= 0.3 is 5.97 Å². The van der Waals surface area contributed by atoms with Crippen molar-refractivity contribution in [1.29, 1.82) is 0 Å². The zero-order chi connectivity index (χ0) is 16.9. The number of methoxy groups -OCH3 is 2. The first-order valence-electron chi connectivity index (χ1n) is 8.15.